The molecule has 0 spiro atoms. The van der Waals surface area contributed by atoms with E-state index < -0.39 is 0 Å². The standard InChI is InChI=1S/C16H24N2O/c1-16-7-8-18(3)14(15(16)17-2)9-11-5-6-12(19-4)10-13(11)16/h5-6,10,14-15,17H,7-9H2,1-4H3/t14-,15-,16-/m1/s1. The molecule has 0 unspecified atom stereocenters. The second-order valence-electron chi connectivity index (χ2n) is 6.21. The summed E-state index contributed by atoms with van der Waals surface area (Å²) in [4.78, 5) is 2.51. The zero-order chi connectivity index (χ0) is 13.6. The molecule has 3 nitrogen and oxygen atoms in total. The van der Waals surface area contributed by atoms with Crippen LogP contribution in [0.2, 0.25) is 0 Å². The van der Waals surface area contributed by atoms with Crippen LogP contribution in [0.5, 0.6) is 5.75 Å². The Kier molecular flexibility index (Phi) is 3.06. The van der Waals surface area contributed by atoms with Crippen LogP contribution < -0.4 is 10.1 Å². The highest BCUT2D eigenvalue weighted by Gasteiger charge is 2.49. The fourth-order valence-corrected chi connectivity index (χ4v) is 4.11. The average Bonchev–Trinajstić information content (AvgIpc) is 2.43. The first-order valence-corrected chi connectivity index (χ1v) is 7.15. The van der Waals surface area contributed by atoms with Crippen LogP contribution in [-0.2, 0) is 11.8 Å². The minimum Gasteiger partial charge on any atom is -0.497 e. The van der Waals surface area contributed by atoms with Crippen LogP contribution >= 0.6 is 0 Å². The number of likely N-dealkylation sites (N-methyl/N-ethyl adjacent to an activating group) is 2. The molecule has 3 rings (SSSR count). The van der Waals surface area contributed by atoms with Crippen LogP contribution in [-0.4, -0.2) is 44.7 Å². The second kappa shape index (κ2) is 4.50. The average molecular weight is 260 g/mol. The van der Waals surface area contributed by atoms with Crippen molar-refractivity contribution in [1.29, 1.82) is 0 Å². The van der Waals surface area contributed by atoms with Gasteiger partial charge >= 0.3 is 0 Å². The summed E-state index contributed by atoms with van der Waals surface area (Å²) in [6.45, 7) is 3.58. The van der Waals surface area contributed by atoms with Gasteiger partial charge in [-0.25, -0.2) is 0 Å². The summed E-state index contributed by atoms with van der Waals surface area (Å²) in [7, 11) is 6.10. The molecule has 1 N–H and O–H groups in total. The highest BCUT2D eigenvalue weighted by molar-refractivity contribution is 5.45. The SMILES string of the molecule is CN[C@@H]1[C@H]2Cc3ccc(OC)cc3[C@@]1(C)CCN2C. The highest BCUT2D eigenvalue weighted by atomic mass is 16.5. The lowest BCUT2D eigenvalue weighted by atomic mass is 9.62. The van der Waals surface area contributed by atoms with Gasteiger partial charge in [-0.1, -0.05) is 13.0 Å². The Morgan fingerprint density at radius 2 is 2.21 bits per heavy atom. The lowest BCUT2D eigenvalue weighted by Gasteiger charge is -2.54. The van der Waals surface area contributed by atoms with Crippen LogP contribution in [0.25, 0.3) is 0 Å². The van der Waals surface area contributed by atoms with E-state index in [1.165, 1.54) is 24.1 Å². The summed E-state index contributed by atoms with van der Waals surface area (Å²) >= 11 is 0. The summed E-state index contributed by atoms with van der Waals surface area (Å²) in [6.07, 6.45) is 2.34. The van der Waals surface area contributed by atoms with Gasteiger partial charge in [0.25, 0.3) is 0 Å². The largest absolute Gasteiger partial charge is 0.497 e. The van der Waals surface area contributed by atoms with E-state index in [1.54, 1.807) is 7.11 Å². The molecular weight excluding hydrogens is 236 g/mol. The number of hydrogen-bond donors (Lipinski definition) is 1. The van der Waals surface area contributed by atoms with E-state index in [0.717, 1.165) is 12.2 Å². The minimum atomic E-state index is 0.216. The third kappa shape index (κ3) is 1.79. The quantitative estimate of drug-likeness (QED) is 0.877. The molecule has 0 saturated carbocycles. The highest BCUT2D eigenvalue weighted by Crippen LogP contribution is 2.45. The maximum absolute atomic E-state index is 5.42. The first kappa shape index (κ1) is 12.9. The molecule has 2 aliphatic rings. The monoisotopic (exact) mass is 260 g/mol. The zero-order valence-corrected chi connectivity index (χ0v) is 12.4. The van der Waals surface area contributed by atoms with Crippen molar-refractivity contribution in [1.82, 2.24) is 10.2 Å². The molecule has 1 saturated heterocycles. The molecule has 2 bridgehead atoms. The van der Waals surface area contributed by atoms with Crippen LogP contribution in [0.15, 0.2) is 18.2 Å². The van der Waals surface area contributed by atoms with E-state index in [2.05, 4.69) is 49.4 Å². The van der Waals surface area contributed by atoms with Crippen molar-refractivity contribution >= 4 is 0 Å². The molecule has 0 amide bonds. The van der Waals surface area contributed by atoms with Crippen molar-refractivity contribution in [3.63, 3.8) is 0 Å². The van der Waals surface area contributed by atoms with Crippen LogP contribution in [0, 0.1) is 0 Å². The summed E-state index contributed by atoms with van der Waals surface area (Å²) in [5.41, 5.74) is 3.19. The number of fused-ring (bicyclic) bond motifs is 4. The van der Waals surface area contributed by atoms with Gasteiger partial charge in [-0.2, -0.15) is 0 Å². The van der Waals surface area contributed by atoms with Gasteiger partial charge in [0.1, 0.15) is 5.75 Å². The zero-order valence-electron chi connectivity index (χ0n) is 12.4. The van der Waals surface area contributed by atoms with Crippen molar-refractivity contribution in [3.8, 4) is 5.75 Å². The molecule has 1 aliphatic heterocycles. The van der Waals surface area contributed by atoms with Gasteiger partial charge in [-0.3, -0.25) is 0 Å². The van der Waals surface area contributed by atoms with Crippen LogP contribution in [0.4, 0.5) is 0 Å². The Bertz CT molecular complexity index is 488. The maximum Gasteiger partial charge on any atom is 0.119 e. The first-order chi connectivity index (χ1) is 9.10. The molecule has 0 aromatic heterocycles. The Hall–Kier alpha value is -1.06. The number of methoxy groups -OCH3 is 1. The number of likely N-dealkylation sites (tertiary alicyclic amines) is 1. The van der Waals surface area contributed by atoms with Gasteiger partial charge in [0.05, 0.1) is 7.11 Å². The number of nitrogens with zero attached hydrogens (tertiary/aromatic N) is 1. The van der Waals surface area contributed by atoms with E-state index >= 15 is 0 Å². The predicted molar refractivity (Wildman–Crippen MR) is 77.9 cm³/mol. The van der Waals surface area contributed by atoms with Gasteiger partial charge in [0.2, 0.25) is 0 Å². The summed E-state index contributed by atoms with van der Waals surface area (Å²) < 4.78 is 5.42. The lowest BCUT2D eigenvalue weighted by Crippen LogP contribution is -2.65. The smallest absolute Gasteiger partial charge is 0.119 e. The number of hydrogen-bond acceptors (Lipinski definition) is 3. The van der Waals surface area contributed by atoms with Gasteiger partial charge in [-0.15, -0.1) is 0 Å². The van der Waals surface area contributed by atoms with Crippen molar-refractivity contribution in [2.45, 2.75) is 37.3 Å². The van der Waals surface area contributed by atoms with Crippen molar-refractivity contribution in [2.75, 3.05) is 27.7 Å². The van der Waals surface area contributed by atoms with E-state index in [4.69, 9.17) is 4.74 Å². The number of ether oxygens (including phenoxy) is 1. The third-order valence-electron chi connectivity index (χ3n) is 5.29. The maximum atomic E-state index is 5.42. The number of rotatable bonds is 2. The van der Waals surface area contributed by atoms with Crippen molar-refractivity contribution in [3.05, 3.63) is 29.3 Å². The first-order valence-electron chi connectivity index (χ1n) is 7.15. The fraction of sp³-hybridized carbons (Fsp3) is 0.625. The molecule has 3 atom stereocenters. The van der Waals surface area contributed by atoms with Gasteiger partial charge < -0.3 is 15.0 Å². The van der Waals surface area contributed by atoms with Crippen molar-refractivity contribution in [2.24, 2.45) is 0 Å². The molecule has 1 aromatic carbocycles. The van der Waals surface area contributed by atoms with E-state index in [-0.39, 0.29) is 5.41 Å². The minimum absolute atomic E-state index is 0.216. The Morgan fingerprint density at radius 1 is 1.42 bits per heavy atom. The molecule has 0 radical (unpaired) electrons. The number of piperidine rings is 1. The fourth-order valence-electron chi connectivity index (χ4n) is 4.11. The van der Waals surface area contributed by atoms with Gasteiger partial charge in [-0.05, 0) is 56.7 Å². The van der Waals surface area contributed by atoms with E-state index in [1.807, 2.05) is 0 Å². The number of benzene rings is 1. The molecule has 1 fully saturated rings. The normalized spacial score (nSPS) is 33.9. The number of nitrogens with one attached hydrogen (secondary N) is 1. The second-order valence-corrected chi connectivity index (χ2v) is 6.21. The van der Waals surface area contributed by atoms with Crippen molar-refractivity contribution < 1.29 is 4.74 Å². The van der Waals surface area contributed by atoms with Gasteiger partial charge in [0.15, 0.2) is 0 Å². The van der Waals surface area contributed by atoms with Gasteiger partial charge in [0, 0.05) is 17.5 Å². The third-order valence-corrected chi connectivity index (χ3v) is 5.29. The summed E-state index contributed by atoms with van der Waals surface area (Å²) in [6, 6.07) is 7.72. The molecule has 19 heavy (non-hydrogen) atoms. The Labute approximate surface area is 115 Å². The molecular formula is C16H24N2O. The van der Waals surface area contributed by atoms with Crippen LogP contribution in [0.1, 0.15) is 24.5 Å². The molecule has 1 aromatic rings. The predicted octanol–water partition coefficient (Wildman–Crippen LogP) is 1.80. The summed E-state index contributed by atoms with van der Waals surface area (Å²) in [5, 5.41) is 3.57. The molecule has 1 aliphatic carbocycles. The van der Waals surface area contributed by atoms with Crippen LogP contribution in [0.3, 0.4) is 0 Å². The summed E-state index contributed by atoms with van der Waals surface area (Å²) in [5.74, 6) is 0.979. The Balaban J connectivity index is 2.13. The molecule has 3 heteroatoms. The lowest BCUT2D eigenvalue weighted by molar-refractivity contribution is 0.0701. The Morgan fingerprint density at radius 3 is 2.89 bits per heavy atom. The topological polar surface area (TPSA) is 24.5 Å². The molecule has 1 heterocycles. The van der Waals surface area contributed by atoms with E-state index in [9.17, 15) is 0 Å². The molecule has 104 valence electrons. The van der Waals surface area contributed by atoms with E-state index in [0.29, 0.717) is 12.1 Å².